The van der Waals surface area contributed by atoms with E-state index < -0.39 is 0 Å². The Balaban J connectivity index is 1.62. The van der Waals surface area contributed by atoms with Crippen molar-refractivity contribution < 1.29 is 18.4 Å². The van der Waals surface area contributed by atoms with Crippen LogP contribution in [0.2, 0.25) is 0 Å². The van der Waals surface area contributed by atoms with Crippen LogP contribution in [0, 0.1) is 11.7 Å². The van der Waals surface area contributed by atoms with E-state index in [4.69, 9.17) is 10.2 Å². The molecule has 0 spiro atoms. The Labute approximate surface area is 144 Å². The molecule has 6 heteroatoms. The number of carbonyl (C=O) groups excluding carboxylic acids is 2. The van der Waals surface area contributed by atoms with Gasteiger partial charge in [-0.25, -0.2) is 4.39 Å². The van der Waals surface area contributed by atoms with Gasteiger partial charge in [0.1, 0.15) is 17.3 Å². The highest BCUT2D eigenvalue weighted by atomic mass is 19.1. The van der Waals surface area contributed by atoms with Crippen LogP contribution in [0.3, 0.4) is 0 Å². The maximum atomic E-state index is 13.8. The molecular formula is C19H19FN2O3. The smallest absolute Gasteiger partial charge is 0.246 e. The van der Waals surface area contributed by atoms with Crippen molar-refractivity contribution >= 4 is 17.9 Å². The number of rotatable bonds is 4. The highest BCUT2D eigenvalue weighted by Crippen LogP contribution is 2.25. The van der Waals surface area contributed by atoms with Crippen molar-refractivity contribution in [3.63, 3.8) is 0 Å². The van der Waals surface area contributed by atoms with Crippen molar-refractivity contribution in [2.24, 2.45) is 11.7 Å². The van der Waals surface area contributed by atoms with E-state index in [1.165, 1.54) is 12.1 Å². The molecule has 1 aromatic carbocycles. The molecule has 130 valence electrons. The third-order valence-corrected chi connectivity index (χ3v) is 4.37. The first-order valence-electron chi connectivity index (χ1n) is 8.15. The summed E-state index contributed by atoms with van der Waals surface area (Å²) in [5, 5.41) is 0. The minimum Gasteiger partial charge on any atom is -0.457 e. The van der Waals surface area contributed by atoms with E-state index in [0.29, 0.717) is 43.0 Å². The first kappa shape index (κ1) is 17.0. The number of nitrogens with two attached hydrogens (primary N) is 1. The molecule has 3 rings (SSSR count). The van der Waals surface area contributed by atoms with Gasteiger partial charge in [0, 0.05) is 25.1 Å². The molecule has 2 amide bonds. The van der Waals surface area contributed by atoms with Crippen LogP contribution in [0.15, 0.2) is 46.9 Å². The van der Waals surface area contributed by atoms with E-state index in [1.54, 1.807) is 41.3 Å². The number of hydrogen-bond donors (Lipinski definition) is 1. The number of primary amides is 1. The van der Waals surface area contributed by atoms with E-state index in [0.717, 1.165) is 0 Å². The first-order valence-corrected chi connectivity index (χ1v) is 8.15. The fourth-order valence-corrected chi connectivity index (χ4v) is 2.89. The molecule has 0 aliphatic carbocycles. The number of carbonyl (C=O) groups is 2. The number of furan rings is 1. The molecule has 2 N–H and O–H groups in total. The number of benzene rings is 1. The standard InChI is InChI=1S/C19H19FN2O3/c20-16-4-2-1-3-15(16)17-7-5-14(25-17)6-8-18(23)22-11-9-13(10-12-22)19(21)24/h1-8,13H,9-12H2,(H2,21,24). The zero-order chi connectivity index (χ0) is 17.8. The molecule has 2 heterocycles. The number of halogens is 1. The summed E-state index contributed by atoms with van der Waals surface area (Å²) in [6, 6.07) is 9.70. The van der Waals surface area contributed by atoms with E-state index in [9.17, 15) is 14.0 Å². The van der Waals surface area contributed by atoms with Gasteiger partial charge in [-0.15, -0.1) is 0 Å². The molecule has 25 heavy (non-hydrogen) atoms. The minimum absolute atomic E-state index is 0.147. The molecule has 0 saturated carbocycles. The summed E-state index contributed by atoms with van der Waals surface area (Å²) in [6.45, 7) is 1.02. The normalized spacial score (nSPS) is 15.6. The molecule has 0 unspecified atom stereocenters. The van der Waals surface area contributed by atoms with E-state index in [1.807, 2.05) is 0 Å². The Morgan fingerprint density at radius 3 is 2.56 bits per heavy atom. The van der Waals surface area contributed by atoms with Crippen LogP contribution < -0.4 is 5.73 Å². The number of piperidine rings is 1. The number of nitrogens with zero attached hydrogens (tertiary/aromatic N) is 1. The SMILES string of the molecule is NC(=O)C1CCN(C(=O)C=Cc2ccc(-c3ccccc3F)o2)CC1. The molecule has 1 aliphatic rings. The van der Waals surface area contributed by atoms with Crippen molar-refractivity contribution in [1.82, 2.24) is 4.90 Å². The molecule has 1 fully saturated rings. The molecule has 1 aliphatic heterocycles. The molecule has 0 bridgehead atoms. The number of likely N-dealkylation sites (tertiary alicyclic amines) is 1. The highest BCUT2D eigenvalue weighted by Gasteiger charge is 2.24. The summed E-state index contributed by atoms with van der Waals surface area (Å²) >= 11 is 0. The van der Waals surface area contributed by atoms with Gasteiger partial charge in [0.15, 0.2) is 0 Å². The van der Waals surface area contributed by atoms with Gasteiger partial charge in [-0.1, -0.05) is 12.1 Å². The molecule has 1 aromatic heterocycles. The zero-order valence-corrected chi connectivity index (χ0v) is 13.7. The predicted octanol–water partition coefficient (Wildman–Crippen LogP) is 2.82. The molecule has 2 aromatic rings. The number of amides is 2. The van der Waals surface area contributed by atoms with Crippen LogP contribution in [0.5, 0.6) is 0 Å². The summed E-state index contributed by atoms with van der Waals surface area (Å²) in [4.78, 5) is 25.0. The Hall–Kier alpha value is -2.89. The molecule has 0 radical (unpaired) electrons. The first-order chi connectivity index (χ1) is 12.0. The van der Waals surface area contributed by atoms with E-state index >= 15 is 0 Å². The molecule has 1 saturated heterocycles. The lowest BCUT2D eigenvalue weighted by molar-refractivity contribution is -0.130. The highest BCUT2D eigenvalue weighted by molar-refractivity contribution is 5.91. The summed E-state index contributed by atoms with van der Waals surface area (Å²) in [6.07, 6.45) is 4.17. The van der Waals surface area contributed by atoms with Crippen LogP contribution in [-0.2, 0) is 9.59 Å². The summed E-state index contributed by atoms with van der Waals surface area (Å²) < 4.78 is 19.3. The third kappa shape index (κ3) is 3.96. The lowest BCUT2D eigenvalue weighted by atomic mass is 9.96. The van der Waals surface area contributed by atoms with Gasteiger partial charge < -0.3 is 15.1 Å². The zero-order valence-electron chi connectivity index (χ0n) is 13.7. The topological polar surface area (TPSA) is 76.5 Å². The monoisotopic (exact) mass is 342 g/mol. The molecule has 0 atom stereocenters. The van der Waals surface area contributed by atoms with Gasteiger partial charge >= 0.3 is 0 Å². The summed E-state index contributed by atoms with van der Waals surface area (Å²) in [5.41, 5.74) is 5.67. The lowest BCUT2D eigenvalue weighted by Crippen LogP contribution is -2.41. The van der Waals surface area contributed by atoms with Crippen LogP contribution in [-0.4, -0.2) is 29.8 Å². The summed E-state index contributed by atoms with van der Waals surface area (Å²) in [5.74, 6) is -0.0843. The van der Waals surface area contributed by atoms with Gasteiger partial charge in [-0.2, -0.15) is 0 Å². The van der Waals surface area contributed by atoms with Crippen LogP contribution >= 0.6 is 0 Å². The second-order valence-electron chi connectivity index (χ2n) is 6.02. The van der Waals surface area contributed by atoms with Crippen molar-refractivity contribution in [3.05, 3.63) is 54.1 Å². The van der Waals surface area contributed by atoms with Crippen molar-refractivity contribution in [2.75, 3.05) is 13.1 Å². The maximum absolute atomic E-state index is 13.8. The summed E-state index contributed by atoms with van der Waals surface area (Å²) in [7, 11) is 0. The second-order valence-corrected chi connectivity index (χ2v) is 6.02. The van der Waals surface area contributed by atoms with Crippen LogP contribution in [0.4, 0.5) is 4.39 Å². The van der Waals surface area contributed by atoms with Crippen LogP contribution in [0.1, 0.15) is 18.6 Å². The fourth-order valence-electron chi connectivity index (χ4n) is 2.89. The van der Waals surface area contributed by atoms with Crippen molar-refractivity contribution in [2.45, 2.75) is 12.8 Å². The van der Waals surface area contributed by atoms with Gasteiger partial charge in [0.25, 0.3) is 0 Å². The van der Waals surface area contributed by atoms with Gasteiger partial charge in [0.05, 0.1) is 5.56 Å². The Bertz CT molecular complexity index is 805. The Morgan fingerprint density at radius 2 is 1.88 bits per heavy atom. The van der Waals surface area contributed by atoms with Gasteiger partial charge in [-0.05, 0) is 43.2 Å². The number of hydrogen-bond acceptors (Lipinski definition) is 3. The second kappa shape index (κ2) is 7.34. The molecule has 5 nitrogen and oxygen atoms in total. The Morgan fingerprint density at radius 1 is 1.16 bits per heavy atom. The maximum Gasteiger partial charge on any atom is 0.246 e. The predicted molar refractivity (Wildman–Crippen MR) is 91.6 cm³/mol. The van der Waals surface area contributed by atoms with Crippen LogP contribution in [0.25, 0.3) is 17.4 Å². The van der Waals surface area contributed by atoms with Crippen molar-refractivity contribution in [1.29, 1.82) is 0 Å². The fraction of sp³-hybridized carbons (Fsp3) is 0.263. The minimum atomic E-state index is -0.360. The average Bonchev–Trinajstić information content (AvgIpc) is 3.09. The van der Waals surface area contributed by atoms with Gasteiger partial charge in [0.2, 0.25) is 11.8 Å². The quantitative estimate of drug-likeness (QED) is 0.868. The lowest BCUT2D eigenvalue weighted by Gasteiger charge is -2.29. The largest absolute Gasteiger partial charge is 0.457 e. The Kier molecular flexibility index (Phi) is 4.97. The van der Waals surface area contributed by atoms with Crippen molar-refractivity contribution in [3.8, 4) is 11.3 Å². The van der Waals surface area contributed by atoms with Gasteiger partial charge in [-0.3, -0.25) is 9.59 Å². The van der Waals surface area contributed by atoms with E-state index in [-0.39, 0.29) is 23.5 Å². The van der Waals surface area contributed by atoms with E-state index in [2.05, 4.69) is 0 Å². The molecular weight excluding hydrogens is 323 g/mol. The third-order valence-electron chi connectivity index (χ3n) is 4.37. The average molecular weight is 342 g/mol.